The molecule has 7 nitrogen and oxygen atoms in total. The first-order valence-electron chi connectivity index (χ1n) is 13.5. The van der Waals surface area contributed by atoms with Crippen LogP contribution in [-0.2, 0) is 27.6 Å². The molecule has 0 radical (unpaired) electrons. The summed E-state index contributed by atoms with van der Waals surface area (Å²) < 4.78 is 33.3. The van der Waals surface area contributed by atoms with Crippen molar-refractivity contribution in [2.75, 3.05) is 32.4 Å². The molecule has 2 atom stereocenters. The van der Waals surface area contributed by atoms with Gasteiger partial charge in [-0.3, -0.25) is 4.90 Å². The molecule has 0 spiro atoms. The predicted octanol–water partition coefficient (Wildman–Crippen LogP) is 5.49. The van der Waals surface area contributed by atoms with E-state index >= 15 is 0 Å². The lowest BCUT2D eigenvalue weighted by Crippen LogP contribution is -2.64. The molecule has 2 aromatic carbocycles. The van der Waals surface area contributed by atoms with Crippen LogP contribution in [0, 0.1) is 0 Å². The van der Waals surface area contributed by atoms with Gasteiger partial charge >= 0.3 is 6.09 Å². The van der Waals surface area contributed by atoms with Crippen LogP contribution in [0.4, 0.5) is 4.79 Å². The summed E-state index contributed by atoms with van der Waals surface area (Å²) in [7, 11) is -3.44. The van der Waals surface area contributed by atoms with Crippen molar-refractivity contribution in [3.63, 3.8) is 0 Å². The maximum Gasteiger partial charge on any atom is 0.410 e. The van der Waals surface area contributed by atoms with E-state index in [0.29, 0.717) is 49.1 Å². The lowest BCUT2D eigenvalue weighted by molar-refractivity contribution is -0.00396. The van der Waals surface area contributed by atoms with Crippen molar-refractivity contribution in [3.05, 3.63) is 69.7 Å². The number of nitrogens with zero attached hydrogens (tertiary/aromatic N) is 3. The molecule has 39 heavy (non-hydrogen) atoms. The van der Waals surface area contributed by atoms with Crippen LogP contribution >= 0.6 is 23.2 Å². The molecule has 214 valence electrons. The number of hydrogen-bond donors (Lipinski definition) is 0. The quantitative estimate of drug-likeness (QED) is 0.441. The van der Waals surface area contributed by atoms with Gasteiger partial charge in [-0.15, -0.1) is 0 Å². The Labute approximate surface area is 243 Å². The van der Waals surface area contributed by atoms with Crippen molar-refractivity contribution >= 4 is 39.3 Å². The molecule has 2 fully saturated rings. The van der Waals surface area contributed by atoms with Gasteiger partial charge in [0.05, 0.1) is 6.26 Å². The van der Waals surface area contributed by atoms with Crippen molar-refractivity contribution in [1.29, 1.82) is 0 Å². The summed E-state index contributed by atoms with van der Waals surface area (Å²) >= 11 is 12.2. The first-order chi connectivity index (χ1) is 18.3. The Hall–Kier alpha value is -1.84. The molecule has 2 aromatic rings. The van der Waals surface area contributed by atoms with Gasteiger partial charge in [0.2, 0.25) is 10.0 Å². The van der Waals surface area contributed by atoms with Gasteiger partial charge in [-0.1, -0.05) is 47.5 Å². The number of carbonyl (C=O) groups is 1. The van der Waals surface area contributed by atoms with Crippen molar-refractivity contribution in [2.45, 2.75) is 70.2 Å². The number of halogens is 2. The third-order valence-electron chi connectivity index (χ3n) is 7.47. The first kappa shape index (κ1) is 30.1. The number of likely N-dealkylation sites (tertiary alicyclic amines) is 1. The molecule has 2 heterocycles. The minimum atomic E-state index is -3.44. The van der Waals surface area contributed by atoms with Crippen molar-refractivity contribution < 1.29 is 17.9 Å². The highest BCUT2D eigenvalue weighted by Gasteiger charge is 2.42. The second-order valence-corrected chi connectivity index (χ2v) is 14.5. The van der Waals surface area contributed by atoms with Gasteiger partial charge in [-0.2, -0.15) is 4.31 Å². The molecule has 2 aliphatic rings. The van der Waals surface area contributed by atoms with E-state index < -0.39 is 15.6 Å². The van der Waals surface area contributed by atoms with E-state index in [1.807, 2.05) is 69.3 Å². The molecular weight excluding hydrogens is 557 g/mol. The van der Waals surface area contributed by atoms with Gasteiger partial charge < -0.3 is 9.64 Å². The highest BCUT2D eigenvalue weighted by atomic mass is 35.5. The van der Waals surface area contributed by atoms with Crippen molar-refractivity contribution in [1.82, 2.24) is 14.1 Å². The van der Waals surface area contributed by atoms with Crippen LogP contribution in [0.1, 0.15) is 44.7 Å². The van der Waals surface area contributed by atoms with Crippen LogP contribution in [0.2, 0.25) is 10.0 Å². The number of piperidine rings is 1. The first-order valence-corrected chi connectivity index (χ1v) is 16.1. The fourth-order valence-electron chi connectivity index (χ4n) is 5.64. The van der Waals surface area contributed by atoms with E-state index in [-0.39, 0.29) is 24.2 Å². The van der Waals surface area contributed by atoms with Crippen LogP contribution in [0.15, 0.2) is 48.5 Å². The molecule has 10 heteroatoms. The molecule has 0 aromatic heterocycles. The predicted molar refractivity (Wildman–Crippen MR) is 157 cm³/mol. The number of hydrogen-bond acceptors (Lipinski definition) is 5. The number of benzene rings is 2. The Balaban J connectivity index is 1.56. The Kier molecular flexibility index (Phi) is 9.54. The van der Waals surface area contributed by atoms with Gasteiger partial charge in [0.1, 0.15) is 5.60 Å². The minimum absolute atomic E-state index is 0.000412. The molecule has 0 N–H and O–H groups in total. The fraction of sp³-hybridized carbons (Fsp3) is 0.552. The molecule has 1 amide bonds. The smallest absolute Gasteiger partial charge is 0.410 e. The largest absolute Gasteiger partial charge is 0.444 e. The zero-order chi connectivity index (χ0) is 28.4. The summed E-state index contributed by atoms with van der Waals surface area (Å²) in [5.74, 6) is 0. The highest BCUT2D eigenvalue weighted by molar-refractivity contribution is 7.88. The molecule has 2 saturated heterocycles. The molecular formula is C29H39Cl2N3O4S. The van der Waals surface area contributed by atoms with Gasteiger partial charge in [-0.05, 0) is 81.8 Å². The van der Waals surface area contributed by atoms with E-state index in [1.54, 1.807) is 9.21 Å². The zero-order valence-electron chi connectivity index (χ0n) is 23.1. The van der Waals surface area contributed by atoms with E-state index in [0.717, 1.165) is 24.0 Å². The second kappa shape index (κ2) is 12.4. The van der Waals surface area contributed by atoms with Crippen molar-refractivity contribution in [2.24, 2.45) is 0 Å². The van der Waals surface area contributed by atoms with Gasteiger partial charge in [0, 0.05) is 54.3 Å². The third kappa shape index (κ3) is 8.33. The van der Waals surface area contributed by atoms with Gasteiger partial charge in [0.25, 0.3) is 0 Å². The average Bonchev–Trinajstić information content (AvgIpc) is 2.86. The Morgan fingerprint density at radius 3 is 1.82 bits per heavy atom. The molecule has 0 aliphatic carbocycles. The van der Waals surface area contributed by atoms with Crippen molar-refractivity contribution in [3.8, 4) is 0 Å². The maximum atomic E-state index is 13.0. The summed E-state index contributed by atoms with van der Waals surface area (Å²) in [6.45, 7) is 7.88. The molecule has 1 unspecified atom stereocenters. The number of ether oxygens (including phenoxy) is 1. The maximum absolute atomic E-state index is 13.0. The lowest BCUT2D eigenvalue weighted by atomic mass is 9.93. The molecule has 4 rings (SSSR count). The summed E-state index contributed by atoms with van der Waals surface area (Å²) in [5.41, 5.74) is 1.63. The third-order valence-corrected chi connectivity index (χ3v) is 9.27. The van der Waals surface area contributed by atoms with Crippen LogP contribution in [0.25, 0.3) is 0 Å². The van der Waals surface area contributed by atoms with Crippen LogP contribution in [0.5, 0.6) is 0 Å². The number of piperazine rings is 1. The lowest BCUT2D eigenvalue weighted by Gasteiger charge is -2.50. The summed E-state index contributed by atoms with van der Waals surface area (Å²) in [6, 6.07) is 15.4. The zero-order valence-corrected chi connectivity index (χ0v) is 25.5. The van der Waals surface area contributed by atoms with E-state index in [4.69, 9.17) is 27.9 Å². The van der Waals surface area contributed by atoms with E-state index in [2.05, 4.69) is 4.90 Å². The number of carbonyl (C=O) groups excluding carboxylic acids is 1. The summed E-state index contributed by atoms with van der Waals surface area (Å²) in [4.78, 5) is 16.9. The summed E-state index contributed by atoms with van der Waals surface area (Å²) in [6.07, 6.45) is 3.96. The van der Waals surface area contributed by atoms with Gasteiger partial charge in [0.15, 0.2) is 0 Å². The topological polar surface area (TPSA) is 70.2 Å². The van der Waals surface area contributed by atoms with Crippen LogP contribution in [0.3, 0.4) is 0 Å². The normalized spacial score (nSPS) is 22.2. The minimum Gasteiger partial charge on any atom is -0.444 e. The van der Waals surface area contributed by atoms with Crippen LogP contribution in [-0.4, -0.2) is 84.8 Å². The molecule has 0 saturated carbocycles. The Morgan fingerprint density at radius 2 is 1.36 bits per heavy atom. The molecule has 2 aliphatic heterocycles. The van der Waals surface area contributed by atoms with Gasteiger partial charge in [-0.25, -0.2) is 13.2 Å². The second-order valence-electron chi connectivity index (χ2n) is 11.7. The number of amides is 1. The number of rotatable bonds is 6. The van der Waals surface area contributed by atoms with E-state index in [9.17, 15) is 13.2 Å². The molecule has 0 bridgehead atoms. The fourth-order valence-corrected chi connectivity index (χ4v) is 7.02. The monoisotopic (exact) mass is 595 g/mol. The average molecular weight is 597 g/mol. The Morgan fingerprint density at radius 1 is 0.872 bits per heavy atom. The van der Waals surface area contributed by atoms with Crippen LogP contribution < -0.4 is 0 Å². The van der Waals surface area contributed by atoms with E-state index in [1.165, 1.54) is 6.26 Å². The summed E-state index contributed by atoms with van der Waals surface area (Å²) in [5, 5.41) is 1.33. The number of sulfonamides is 1. The standard InChI is InChI=1S/C29H39Cl2N3O4S/c1-29(2,3)38-28(35)32-15-13-25(14-16-32)33-19-27(18-22-7-11-24(31)12-8-22)34(39(4,36)37)20-26(33)17-21-5-9-23(30)10-6-21/h5-12,25-27H,13-20H2,1-4H3/t26-,27?/m0/s1. The highest BCUT2D eigenvalue weighted by Crippen LogP contribution is 2.30. The SMILES string of the molecule is CC(C)(C)OC(=O)N1CCC(N2CC(Cc3ccc(Cl)cc3)N(S(C)(=O)=O)C[C@@H]2Cc2ccc(Cl)cc2)CC1. The Bertz CT molecular complexity index is 1220.